The lowest BCUT2D eigenvalue weighted by Gasteiger charge is -2.34. The summed E-state index contributed by atoms with van der Waals surface area (Å²) in [4.78, 5) is 36.9. The van der Waals surface area contributed by atoms with Crippen molar-refractivity contribution >= 4 is 23.1 Å². The Morgan fingerprint density at radius 3 is 2.71 bits per heavy atom. The van der Waals surface area contributed by atoms with Crippen LogP contribution in [-0.2, 0) is 9.59 Å². The third-order valence-corrected chi connectivity index (χ3v) is 5.56. The average Bonchev–Trinajstić information content (AvgIpc) is 2.74. The molecule has 158 valence electrons. The molecule has 0 saturated heterocycles. The Morgan fingerprint density at radius 2 is 1.97 bits per heavy atom. The van der Waals surface area contributed by atoms with E-state index in [-0.39, 0.29) is 22.7 Å². The zero-order valence-corrected chi connectivity index (χ0v) is 16.8. The number of halogens is 1. The number of para-hydroxylation sites is 1. The van der Waals surface area contributed by atoms with Gasteiger partial charge >= 0.3 is 0 Å². The maximum absolute atomic E-state index is 14.1. The fraction of sp³-hybridized carbons (Fsp3) is 0.217. The molecule has 8 heteroatoms. The second-order valence-corrected chi connectivity index (χ2v) is 7.55. The number of nitro groups is 1. The van der Waals surface area contributed by atoms with Gasteiger partial charge in [0, 0.05) is 47.0 Å². The Balaban J connectivity index is 1.83. The van der Waals surface area contributed by atoms with E-state index in [0.29, 0.717) is 36.1 Å². The number of benzene rings is 2. The zero-order chi connectivity index (χ0) is 22.1. The maximum atomic E-state index is 14.1. The smallest absolute Gasteiger partial charge is 0.269 e. The molecule has 2 N–H and O–H groups in total. The molecule has 0 spiro atoms. The standard InChI is InChI=1S/C23H20FN3O4/c1-13-20(23(29)26-17-9-3-2-8-16(17)24)21(14-6-4-7-15(12-14)27(30)31)22-18(25-13)10-5-11-19(22)28/h2-4,6-9,12,21,25H,5,10-11H2,1H3,(H,26,29)/t21-/m1/s1. The first kappa shape index (κ1) is 20.5. The van der Waals surface area contributed by atoms with Crippen LogP contribution in [0.4, 0.5) is 15.8 Å². The van der Waals surface area contributed by atoms with Gasteiger partial charge in [0.2, 0.25) is 0 Å². The molecular formula is C23H20FN3O4. The maximum Gasteiger partial charge on any atom is 0.269 e. The van der Waals surface area contributed by atoms with Crippen molar-refractivity contribution < 1.29 is 18.9 Å². The van der Waals surface area contributed by atoms with E-state index in [1.807, 2.05) is 0 Å². The fourth-order valence-corrected chi connectivity index (χ4v) is 4.19. The van der Waals surface area contributed by atoms with Gasteiger partial charge in [-0.15, -0.1) is 0 Å². The number of hydrogen-bond donors (Lipinski definition) is 2. The van der Waals surface area contributed by atoms with Crippen LogP contribution in [0.2, 0.25) is 0 Å². The molecule has 2 aromatic rings. The van der Waals surface area contributed by atoms with Gasteiger partial charge in [0.1, 0.15) is 5.82 Å². The summed E-state index contributed by atoms with van der Waals surface area (Å²) >= 11 is 0. The zero-order valence-electron chi connectivity index (χ0n) is 16.8. The first-order valence-corrected chi connectivity index (χ1v) is 9.91. The van der Waals surface area contributed by atoms with Crippen LogP contribution >= 0.6 is 0 Å². The van der Waals surface area contributed by atoms with Gasteiger partial charge in [0.15, 0.2) is 5.78 Å². The number of anilines is 1. The third kappa shape index (κ3) is 3.84. The van der Waals surface area contributed by atoms with E-state index in [2.05, 4.69) is 10.6 Å². The molecular weight excluding hydrogens is 401 g/mol. The molecule has 1 heterocycles. The molecule has 7 nitrogen and oxygen atoms in total. The lowest BCUT2D eigenvalue weighted by molar-refractivity contribution is -0.384. The Kier molecular flexibility index (Phi) is 5.37. The van der Waals surface area contributed by atoms with Crippen LogP contribution in [-0.4, -0.2) is 16.6 Å². The largest absolute Gasteiger partial charge is 0.362 e. The van der Waals surface area contributed by atoms with Gasteiger partial charge in [-0.05, 0) is 37.5 Å². The number of ketones is 1. The Labute approximate surface area is 177 Å². The van der Waals surface area contributed by atoms with E-state index in [1.54, 1.807) is 19.1 Å². The number of Topliss-reactive ketones (excluding diaryl/α,β-unsaturated/α-hetero) is 1. The molecule has 31 heavy (non-hydrogen) atoms. The van der Waals surface area contributed by atoms with Crippen molar-refractivity contribution in [2.75, 3.05) is 5.32 Å². The minimum Gasteiger partial charge on any atom is -0.362 e. The van der Waals surface area contributed by atoms with E-state index < -0.39 is 22.6 Å². The molecule has 1 aliphatic heterocycles. The van der Waals surface area contributed by atoms with Crippen molar-refractivity contribution in [1.29, 1.82) is 0 Å². The van der Waals surface area contributed by atoms with Gasteiger partial charge < -0.3 is 10.6 Å². The number of nitro benzene ring substituents is 1. The van der Waals surface area contributed by atoms with Crippen molar-refractivity contribution in [2.24, 2.45) is 0 Å². The SMILES string of the molecule is CC1=C(C(=O)Nc2ccccc2F)[C@@H](c2cccc([N+](=O)[O-])c2)C2=C(CCCC2=O)N1. The summed E-state index contributed by atoms with van der Waals surface area (Å²) in [5, 5.41) is 17.1. The number of nitrogens with zero attached hydrogens (tertiary/aromatic N) is 1. The summed E-state index contributed by atoms with van der Waals surface area (Å²) in [5.74, 6) is -2.04. The number of nitrogens with one attached hydrogen (secondary N) is 2. The minimum absolute atomic E-state index is 0.0142. The highest BCUT2D eigenvalue weighted by Gasteiger charge is 2.39. The third-order valence-electron chi connectivity index (χ3n) is 5.56. The van der Waals surface area contributed by atoms with Crippen LogP contribution in [0.3, 0.4) is 0 Å². The molecule has 2 aromatic carbocycles. The van der Waals surface area contributed by atoms with Crippen LogP contribution in [0, 0.1) is 15.9 Å². The summed E-state index contributed by atoms with van der Waals surface area (Å²) in [6.07, 6.45) is 1.68. The van der Waals surface area contributed by atoms with Gasteiger partial charge in [0.05, 0.1) is 10.6 Å². The molecule has 1 atom stereocenters. The second kappa shape index (κ2) is 8.14. The quantitative estimate of drug-likeness (QED) is 0.565. The van der Waals surface area contributed by atoms with Crippen LogP contribution in [0.1, 0.15) is 37.7 Å². The molecule has 0 saturated carbocycles. The van der Waals surface area contributed by atoms with Crippen molar-refractivity contribution in [1.82, 2.24) is 5.32 Å². The van der Waals surface area contributed by atoms with Crippen LogP contribution in [0.25, 0.3) is 0 Å². The number of allylic oxidation sites excluding steroid dienone is 3. The summed E-state index contributed by atoms with van der Waals surface area (Å²) < 4.78 is 14.1. The highest BCUT2D eigenvalue weighted by atomic mass is 19.1. The van der Waals surface area contributed by atoms with Crippen molar-refractivity contribution in [3.8, 4) is 0 Å². The van der Waals surface area contributed by atoms with E-state index in [0.717, 1.165) is 5.70 Å². The molecule has 0 fully saturated rings. The molecule has 4 rings (SSSR count). The molecule has 0 bridgehead atoms. The topological polar surface area (TPSA) is 101 Å². The summed E-state index contributed by atoms with van der Waals surface area (Å²) in [6.45, 7) is 1.71. The summed E-state index contributed by atoms with van der Waals surface area (Å²) in [6, 6.07) is 11.7. The van der Waals surface area contributed by atoms with E-state index in [1.165, 1.54) is 36.4 Å². The number of carbonyl (C=O) groups excluding carboxylic acids is 2. The first-order chi connectivity index (χ1) is 14.9. The number of non-ortho nitro benzene ring substituents is 1. The van der Waals surface area contributed by atoms with Gasteiger partial charge in [-0.25, -0.2) is 4.39 Å². The van der Waals surface area contributed by atoms with Gasteiger partial charge in [-0.1, -0.05) is 24.3 Å². The first-order valence-electron chi connectivity index (χ1n) is 9.91. The Bertz CT molecular complexity index is 1170. The predicted molar refractivity (Wildman–Crippen MR) is 113 cm³/mol. The fourth-order valence-electron chi connectivity index (χ4n) is 4.19. The number of hydrogen-bond acceptors (Lipinski definition) is 5. The molecule has 1 amide bonds. The highest BCUT2D eigenvalue weighted by molar-refractivity contribution is 6.09. The van der Waals surface area contributed by atoms with Gasteiger partial charge in [-0.2, -0.15) is 0 Å². The lowest BCUT2D eigenvalue weighted by atomic mass is 9.75. The van der Waals surface area contributed by atoms with Crippen LogP contribution < -0.4 is 10.6 Å². The molecule has 0 radical (unpaired) electrons. The Hall–Kier alpha value is -3.81. The van der Waals surface area contributed by atoms with E-state index in [4.69, 9.17) is 0 Å². The molecule has 1 aliphatic carbocycles. The Morgan fingerprint density at radius 1 is 1.19 bits per heavy atom. The molecule has 0 unspecified atom stereocenters. The number of carbonyl (C=O) groups is 2. The van der Waals surface area contributed by atoms with Crippen molar-refractivity contribution in [3.05, 3.63) is 92.6 Å². The predicted octanol–water partition coefficient (Wildman–Crippen LogP) is 4.34. The summed E-state index contributed by atoms with van der Waals surface area (Å²) in [7, 11) is 0. The number of dihydropyridines is 1. The van der Waals surface area contributed by atoms with Crippen molar-refractivity contribution in [2.45, 2.75) is 32.1 Å². The van der Waals surface area contributed by atoms with Gasteiger partial charge in [-0.3, -0.25) is 19.7 Å². The normalized spacial score (nSPS) is 18.4. The van der Waals surface area contributed by atoms with E-state index in [9.17, 15) is 24.1 Å². The average molecular weight is 421 g/mol. The van der Waals surface area contributed by atoms with Gasteiger partial charge in [0.25, 0.3) is 11.6 Å². The number of rotatable bonds is 4. The summed E-state index contributed by atoms with van der Waals surface area (Å²) in [5.41, 5.74) is 2.28. The highest BCUT2D eigenvalue weighted by Crippen LogP contribution is 2.43. The molecule has 0 aromatic heterocycles. The number of amides is 1. The minimum atomic E-state index is -0.782. The second-order valence-electron chi connectivity index (χ2n) is 7.55. The lowest BCUT2D eigenvalue weighted by Crippen LogP contribution is -2.35. The van der Waals surface area contributed by atoms with Crippen molar-refractivity contribution in [3.63, 3.8) is 0 Å². The molecule has 2 aliphatic rings. The monoisotopic (exact) mass is 421 g/mol. The van der Waals surface area contributed by atoms with E-state index >= 15 is 0 Å². The van der Waals surface area contributed by atoms with Crippen LogP contribution in [0.5, 0.6) is 0 Å². The van der Waals surface area contributed by atoms with Crippen LogP contribution in [0.15, 0.2) is 71.1 Å².